The molecular formula is C5H7N3O. The Balaban J connectivity index is 2.66. The van der Waals surface area contributed by atoms with Crippen LogP contribution in [0.5, 0.6) is 0 Å². The zero-order chi connectivity index (χ0) is 6.69. The minimum Gasteiger partial charge on any atom is -0.291 e. The lowest BCUT2D eigenvalue weighted by Crippen LogP contribution is -2.40. The van der Waals surface area contributed by atoms with Crippen LogP contribution < -0.4 is 11.3 Å². The second kappa shape index (κ2) is 2.52. The van der Waals surface area contributed by atoms with E-state index >= 15 is 0 Å². The first-order chi connectivity index (χ1) is 4.34. The predicted molar refractivity (Wildman–Crippen MR) is 33.8 cm³/mol. The van der Waals surface area contributed by atoms with Crippen molar-refractivity contribution >= 4 is 12.0 Å². The molecule has 0 fully saturated rings. The van der Waals surface area contributed by atoms with E-state index in [1.54, 1.807) is 6.08 Å². The van der Waals surface area contributed by atoms with Gasteiger partial charge in [-0.15, -0.1) is 0 Å². The normalized spacial score (nSPS) is 25.0. The molecule has 1 unspecified atom stereocenters. The lowest BCUT2D eigenvalue weighted by atomic mass is 10.2. The zero-order valence-corrected chi connectivity index (χ0v) is 4.74. The summed E-state index contributed by atoms with van der Waals surface area (Å²) in [6.07, 6.45) is 3.97. The average molecular weight is 125 g/mol. The molecule has 3 N–H and O–H groups in total. The summed E-state index contributed by atoms with van der Waals surface area (Å²) in [5, 5.41) is 0. The predicted octanol–water partition coefficient (Wildman–Crippen LogP) is -1.01. The largest absolute Gasteiger partial charge is 0.291 e. The van der Waals surface area contributed by atoms with Gasteiger partial charge in [0.1, 0.15) is 0 Å². The zero-order valence-electron chi connectivity index (χ0n) is 4.74. The molecule has 0 bridgehead atoms. The van der Waals surface area contributed by atoms with Gasteiger partial charge in [-0.3, -0.25) is 15.6 Å². The first-order valence-corrected chi connectivity index (χ1v) is 2.54. The van der Waals surface area contributed by atoms with Gasteiger partial charge in [0.2, 0.25) is 0 Å². The topological polar surface area (TPSA) is 67.5 Å². The molecule has 48 valence electrons. The van der Waals surface area contributed by atoms with Crippen molar-refractivity contribution in [2.45, 2.75) is 6.17 Å². The summed E-state index contributed by atoms with van der Waals surface area (Å²) < 4.78 is 0. The van der Waals surface area contributed by atoms with Gasteiger partial charge in [0.25, 0.3) is 0 Å². The minimum atomic E-state index is -0.574. The molecule has 4 heteroatoms. The van der Waals surface area contributed by atoms with Crippen molar-refractivity contribution in [3.8, 4) is 0 Å². The Morgan fingerprint density at radius 1 is 1.78 bits per heavy atom. The van der Waals surface area contributed by atoms with Crippen LogP contribution in [0.15, 0.2) is 17.1 Å². The van der Waals surface area contributed by atoms with E-state index in [2.05, 4.69) is 10.4 Å². The summed E-state index contributed by atoms with van der Waals surface area (Å²) in [5.41, 5.74) is 2.25. The third-order valence-electron chi connectivity index (χ3n) is 1.01. The highest BCUT2D eigenvalue weighted by atomic mass is 16.1. The second-order valence-corrected chi connectivity index (χ2v) is 1.63. The van der Waals surface area contributed by atoms with Gasteiger partial charge in [0.05, 0.1) is 0 Å². The van der Waals surface area contributed by atoms with Crippen LogP contribution in [-0.4, -0.2) is 18.2 Å². The number of nitrogens with one attached hydrogen (secondary N) is 1. The number of hydrogen-bond acceptors (Lipinski definition) is 4. The molecule has 0 radical (unpaired) electrons. The number of dihydropyridines is 1. The van der Waals surface area contributed by atoms with Crippen LogP contribution in [0.3, 0.4) is 0 Å². The lowest BCUT2D eigenvalue weighted by molar-refractivity contribution is -0.116. The molecule has 1 aliphatic heterocycles. The number of carbonyl (C=O) groups excluding carboxylic acids is 1. The fraction of sp³-hybridized carbons (Fsp3) is 0.200. The van der Waals surface area contributed by atoms with E-state index in [0.717, 1.165) is 0 Å². The van der Waals surface area contributed by atoms with Crippen molar-refractivity contribution in [2.75, 3.05) is 0 Å². The number of hydrazine groups is 1. The number of carbonyl (C=O) groups is 1. The highest BCUT2D eigenvalue weighted by molar-refractivity contribution is 6.00. The molecule has 0 amide bonds. The molecule has 9 heavy (non-hydrogen) atoms. The standard InChI is InChI=1S/C5H7N3O/c6-8-5-4(9)2-1-3-7-5/h1-3,5,8H,6H2. The van der Waals surface area contributed by atoms with Gasteiger partial charge in [-0.05, 0) is 12.2 Å². The molecule has 1 aliphatic rings. The van der Waals surface area contributed by atoms with E-state index in [1.165, 1.54) is 12.3 Å². The van der Waals surface area contributed by atoms with Crippen molar-refractivity contribution in [2.24, 2.45) is 10.8 Å². The Kier molecular flexibility index (Phi) is 1.72. The molecule has 4 nitrogen and oxygen atoms in total. The molecule has 0 aromatic rings. The summed E-state index contributed by atoms with van der Waals surface area (Å²) in [6.45, 7) is 0. The van der Waals surface area contributed by atoms with Crippen LogP contribution in [-0.2, 0) is 4.79 Å². The van der Waals surface area contributed by atoms with Crippen molar-refractivity contribution in [1.29, 1.82) is 0 Å². The molecular weight excluding hydrogens is 118 g/mol. The van der Waals surface area contributed by atoms with Crippen molar-refractivity contribution in [3.05, 3.63) is 12.2 Å². The van der Waals surface area contributed by atoms with Crippen molar-refractivity contribution in [3.63, 3.8) is 0 Å². The van der Waals surface area contributed by atoms with E-state index in [4.69, 9.17) is 5.84 Å². The molecule has 1 rings (SSSR count). The Labute approximate surface area is 52.4 Å². The minimum absolute atomic E-state index is 0.111. The van der Waals surface area contributed by atoms with Crippen LogP contribution in [0.1, 0.15) is 0 Å². The van der Waals surface area contributed by atoms with Gasteiger partial charge in [-0.25, -0.2) is 5.43 Å². The van der Waals surface area contributed by atoms with Crippen LogP contribution >= 0.6 is 0 Å². The summed E-state index contributed by atoms with van der Waals surface area (Å²) in [4.78, 5) is 14.4. The molecule has 1 atom stereocenters. The SMILES string of the molecule is NNC1N=CC=CC1=O. The first-order valence-electron chi connectivity index (χ1n) is 2.54. The maximum atomic E-state index is 10.7. The Morgan fingerprint density at radius 3 is 3.00 bits per heavy atom. The average Bonchev–Trinajstić information content (AvgIpc) is 1.89. The fourth-order valence-corrected chi connectivity index (χ4v) is 0.563. The highest BCUT2D eigenvalue weighted by Gasteiger charge is 2.12. The number of nitrogens with zero attached hydrogens (tertiary/aromatic N) is 1. The first kappa shape index (κ1) is 6.12. The van der Waals surface area contributed by atoms with Crippen LogP contribution in [0.25, 0.3) is 0 Å². The number of allylic oxidation sites excluding steroid dienone is 1. The van der Waals surface area contributed by atoms with Crippen molar-refractivity contribution in [1.82, 2.24) is 5.43 Å². The maximum absolute atomic E-state index is 10.7. The van der Waals surface area contributed by atoms with E-state index in [-0.39, 0.29) is 5.78 Å². The Hall–Kier alpha value is -1.00. The van der Waals surface area contributed by atoms with Crippen molar-refractivity contribution < 1.29 is 4.79 Å². The molecule has 0 spiro atoms. The van der Waals surface area contributed by atoms with E-state index < -0.39 is 6.17 Å². The Bertz CT molecular complexity index is 173. The van der Waals surface area contributed by atoms with Gasteiger partial charge in [0.15, 0.2) is 11.9 Å². The summed E-state index contributed by atoms with van der Waals surface area (Å²) >= 11 is 0. The van der Waals surface area contributed by atoms with E-state index in [0.29, 0.717) is 0 Å². The summed E-state index contributed by atoms with van der Waals surface area (Å²) in [5.74, 6) is 4.86. The molecule has 0 aromatic heterocycles. The van der Waals surface area contributed by atoms with E-state index in [9.17, 15) is 4.79 Å². The lowest BCUT2D eigenvalue weighted by Gasteiger charge is -2.07. The van der Waals surface area contributed by atoms with Crippen LogP contribution in [0.4, 0.5) is 0 Å². The summed E-state index contributed by atoms with van der Waals surface area (Å²) in [6, 6.07) is 0. The van der Waals surface area contributed by atoms with Gasteiger partial charge in [0, 0.05) is 6.21 Å². The number of aliphatic imine (C=N–C) groups is 1. The molecule has 0 saturated carbocycles. The molecule has 0 aromatic carbocycles. The number of rotatable bonds is 1. The third kappa shape index (κ3) is 1.22. The number of nitrogens with two attached hydrogens (primary N) is 1. The second-order valence-electron chi connectivity index (χ2n) is 1.63. The molecule has 1 heterocycles. The van der Waals surface area contributed by atoms with Gasteiger partial charge in [-0.2, -0.15) is 0 Å². The van der Waals surface area contributed by atoms with Crippen LogP contribution in [0.2, 0.25) is 0 Å². The highest BCUT2D eigenvalue weighted by Crippen LogP contribution is 1.92. The van der Waals surface area contributed by atoms with Gasteiger partial charge < -0.3 is 0 Å². The Morgan fingerprint density at radius 2 is 2.56 bits per heavy atom. The number of ketones is 1. The van der Waals surface area contributed by atoms with Gasteiger partial charge in [-0.1, -0.05) is 0 Å². The quantitative estimate of drug-likeness (QED) is 0.348. The number of hydrogen-bond donors (Lipinski definition) is 2. The smallest absolute Gasteiger partial charge is 0.195 e. The summed E-state index contributed by atoms with van der Waals surface area (Å²) in [7, 11) is 0. The maximum Gasteiger partial charge on any atom is 0.195 e. The monoisotopic (exact) mass is 125 g/mol. The molecule has 0 saturated heterocycles. The fourth-order valence-electron chi connectivity index (χ4n) is 0.563. The van der Waals surface area contributed by atoms with Gasteiger partial charge >= 0.3 is 0 Å². The molecule has 0 aliphatic carbocycles. The third-order valence-corrected chi connectivity index (χ3v) is 1.01. The van der Waals surface area contributed by atoms with E-state index in [1.807, 2.05) is 0 Å². The van der Waals surface area contributed by atoms with Crippen LogP contribution in [0, 0.1) is 0 Å².